The summed E-state index contributed by atoms with van der Waals surface area (Å²) < 4.78 is 0.988. The lowest BCUT2D eigenvalue weighted by Gasteiger charge is -2.23. The Labute approximate surface area is 151 Å². The number of amides is 2. The summed E-state index contributed by atoms with van der Waals surface area (Å²) in [5, 5.41) is 2.88. The van der Waals surface area contributed by atoms with Crippen LogP contribution in [0.3, 0.4) is 0 Å². The average molecular weight is 389 g/mol. The van der Waals surface area contributed by atoms with Crippen LogP contribution in [0.4, 0.5) is 5.69 Å². The quantitative estimate of drug-likeness (QED) is 0.823. The van der Waals surface area contributed by atoms with Crippen molar-refractivity contribution in [3.05, 3.63) is 64.1 Å². The molecular weight excluding hydrogens is 368 g/mol. The third-order valence-corrected chi connectivity index (χ3v) is 4.25. The number of hydrogen-bond acceptors (Lipinski definition) is 2. The first-order valence-corrected chi connectivity index (χ1v) is 8.61. The molecule has 1 N–H and O–H groups in total. The van der Waals surface area contributed by atoms with Crippen LogP contribution in [-0.2, 0) is 16.0 Å². The summed E-state index contributed by atoms with van der Waals surface area (Å²) in [4.78, 5) is 25.6. The molecule has 2 aromatic rings. The van der Waals surface area contributed by atoms with E-state index in [4.69, 9.17) is 0 Å². The number of nitrogens with zero attached hydrogens (tertiary/aromatic N) is 1. The van der Waals surface area contributed by atoms with Crippen molar-refractivity contribution >= 4 is 33.4 Å². The van der Waals surface area contributed by atoms with E-state index in [0.717, 1.165) is 21.3 Å². The number of hydrogen-bond donors (Lipinski definition) is 1. The Kier molecular flexibility index (Phi) is 6.55. The smallest absolute Gasteiger partial charge is 0.224 e. The number of carbonyl (C=O) groups is 2. The lowest BCUT2D eigenvalue weighted by atomic mass is 10.1. The molecule has 0 saturated heterocycles. The SMILES string of the molecule is CC(=O)N(CCNC(=O)Cc1ccc(Br)cc1)c1ccccc1C. The number of para-hydroxylation sites is 1. The number of anilines is 1. The van der Waals surface area contributed by atoms with Crippen molar-refractivity contribution in [3.8, 4) is 0 Å². The molecule has 0 aromatic heterocycles. The maximum absolute atomic E-state index is 12.0. The first-order valence-electron chi connectivity index (χ1n) is 7.82. The topological polar surface area (TPSA) is 49.4 Å². The zero-order valence-electron chi connectivity index (χ0n) is 13.9. The summed E-state index contributed by atoms with van der Waals surface area (Å²) in [6.45, 7) is 4.38. The van der Waals surface area contributed by atoms with Gasteiger partial charge in [-0.25, -0.2) is 0 Å². The van der Waals surface area contributed by atoms with Gasteiger partial charge in [0.25, 0.3) is 0 Å². The summed E-state index contributed by atoms with van der Waals surface area (Å²) >= 11 is 3.37. The van der Waals surface area contributed by atoms with E-state index in [-0.39, 0.29) is 11.8 Å². The molecule has 0 aliphatic rings. The lowest BCUT2D eigenvalue weighted by Crippen LogP contribution is -2.38. The van der Waals surface area contributed by atoms with Gasteiger partial charge in [0.05, 0.1) is 6.42 Å². The Morgan fingerprint density at radius 3 is 2.38 bits per heavy atom. The van der Waals surface area contributed by atoms with Crippen molar-refractivity contribution in [2.45, 2.75) is 20.3 Å². The van der Waals surface area contributed by atoms with E-state index in [1.807, 2.05) is 55.5 Å². The largest absolute Gasteiger partial charge is 0.354 e. The summed E-state index contributed by atoms with van der Waals surface area (Å²) in [6, 6.07) is 15.4. The van der Waals surface area contributed by atoms with Gasteiger partial charge >= 0.3 is 0 Å². The molecule has 24 heavy (non-hydrogen) atoms. The Hall–Kier alpha value is -2.14. The normalized spacial score (nSPS) is 10.3. The molecule has 4 nitrogen and oxygen atoms in total. The minimum Gasteiger partial charge on any atom is -0.354 e. The molecule has 0 fully saturated rings. The van der Waals surface area contributed by atoms with E-state index in [1.165, 1.54) is 6.92 Å². The maximum atomic E-state index is 12.0. The monoisotopic (exact) mass is 388 g/mol. The van der Waals surface area contributed by atoms with Crippen molar-refractivity contribution in [1.82, 2.24) is 5.32 Å². The van der Waals surface area contributed by atoms with Crippen molar-refractivity contribution in [2.75, 3.05) is 18.0 Å². The predicted octanol–water partition coefficient (Wildman–Crippen LogP) is 3.47. The number of nitrogens with one attached hydrogen (secondary N) is 1. The highest BCUT2D eigenvalue weighted by atomic mass is 79.9. The molecule has 126 valence electrons. The van der Waals surface area contributed by atoms with Crippen molar-refractivity contribution in [1.29, 1.82) is 0 Å². The van der Waals surface area contributed by atoms with Crippen LogP contribution in [0.15, 0.2) is 53.0 Å². The first-order chi connectivity index (χ1) is 11.5. The Bertz CT molecular complexity index is 714. The third kappa shape index (κ3) is 5.20. The molecule has 0 bridgehead atoms. The van der Waals surface area contributed by atoms with Crippen LogP contribution in [0, 0.1) is 6.92 Å². The second kappa shape index (κ2) is 8.64. The van der Waals surface area contributed by atoms with Crippen LogP contribution in [0.5, 0.6) is 0 Å². The van der Waals surface area contributed by atoms with E-state index in [0.29, 0.717) is 19.5 Å². The van der Waals surface area contributed by atoms with E-state index >= 15 is 0 Å². The van der Waals surface area contributed by atoms with Crippen LogP contribution in [-0.4, -0.2) is 24.9 Å². The van der Waals surface area contributed by atoms with Gasteiger partial charge in [0.15, 0.2) is 0 Å². The molecule has 0 saturated carbocycles. The summed E-state index contributed by atoms with van der Waals surface area (Å²) in [7, 11) is 0. The number of benzene rings is 2. The van der Waals surface area contributed by atoms with E-state index < -0.39 is 0 Å². The van der Waals surface area contributed by atoms with Gasteiger partial charge in [0.1, 0.15) is 0 Å². The van der Waals surface area contributed by atoms with Gasteiger partial charge in [-0.2, -0.15) is 0 Å². The molecule has 5 heteroatoms. The van der Waals surface area contributed by atoms with Gasteiger partial charge in [0, 0.05) is 30.2 Å². The zero-order valence-corrected chi connectivity index (χ0v) is 15.5. The molecule has 2 amide bonds. The molecule has 0 aliphatic heterocycles. The van der Waals surface area contributed by atoms with Gasteiger partial charge in [-0.1, -0.05) is 46.3 Å². The predicted molar refractivity (Wildman–Crippen MR) is 100 cm³/mol. The minimum atomic E-state index is -0.0504. The summed E-state index contributed by atoms with van der Waals surface area (Å²) in [5.74, 6) is -0.0860. The fraction of sp³-hybridized carbons (Fsp3) is 0.263. The molecule has 0 aliphatic carbocycles. The second-order valence-corrected chi connectivity index (χ2v) is 6.53. The highest BCUT2D eigenvalue weighted by Crippen LogP contribution is 2.19. The fourth-order valence-corrected chi connectivity index (χ4v) is 2.74. The van der Waals surface area contributed by atoms with Gasteiger partial charge in [-0.3, -0.25) is 9.59 Å². The van der Waals surface area contributed by atoms with E-state index in [2.05, 4.69) is 21.2 Å². The van der Waals surface area contributed by atoms with Gasteiger partial charge < -0.3 is 10.2 Å². The fourth-order valence-electron chi connectivity index (χ4n) is 2.47. The minimum absolute atomic E-state index is 0.0357. The van der Waals surface area contributed by atoms with Gasteiger partial charge in [0.2, 0.25) is 11.8 Å². The first kappa shape index (κ1) is 18.2. The average Bonchev–Trinajstić information content (AvgIpc) is 2.54. The van der Waals surface area contributed by atoms with E-state index in [9.17, 15) is 9.59 Å². The van der Waals surface area contributed by atoms with Gasteiger partial charge in [-0.15, -0.1) is 0 Å². The number of rotatable bonds is 6. The highest BCUT2D eigenvalue weighted by molar-refractivity contribution is 9.10. The Morgan fingerprint density at radius 1 is 1.08 bits per heavy atom. The van der Waals surface area contributed by atoms with Crippen molar-refractivity contribution in [3.63, 3.8) is 0 Å². The number of aryl methyl sites for hydroxylation is 1. The summed E-state index contributed by atoms with van der Waals surface area (Å²) in [5.41, 5.74) is 2.87. The molecular formula is C19H21BrN2O2. The standard InChI is InChI=1S/C19H21BrN2O2/c1-14-5-3-4-6-18(14)22(15(2)23)12-11-21-19(24)13-16-7-9-17(20)10-8-16/h3-10H,11-13H2,1-2H3,(H,21,24). The van der Waals surface area contributed by atoms with Gasteiger partial charge in [-0.05, 0) is 36.2 Å². The summed E-state index contributed by atoms with van der Waals surface area (Å²) in [6.07, 6.45) is 0.331. The van der Waals surface area contributed by atoms with Crippen LogP contribution < -0.4 is 10.2 Å². The van der Waals surface area contributed by atoms with Crippen LogP contribution in [0.25, 0.3) is 0 Å². The zero-order chi connectivity index (χ0) is 17.5. The molecule has 0 atom stereocenters. The Morgan fingerprint density at radius 2 is 1.75 bits per heavy atom. The molecule has 0 radical (unpaired) electrons. The van der Waals surface area contributed by atoms with E-state index in [1.54, 1.807) is 4.90 Å². The maximum Gasteiger partial charge on any atom is 0.224 e. The third-order valence-electron chi connectivity index (χ3n) is 3.72. The molecule has 2 aromatic carbocycles. The highest BCUT2D eigenvalue weighted by Gasteiger charge is 2.13. The van der Waals surface area contributed by atoms with Crippen LogP contribution in [0.1, 0.15) is 18.1 Å². The van der Waals surface area contributed by atoms with Crippen LogP contribution in [0.2, 0.25) is 0 Å². The molecule has 0 heterocycles. The molecule has 0 unspecified atom stereocenters. The molecule has 0 spiro atoms. The van der Waals surface area contributed by atoms with Crippen LogP contribution >= 0.6 is 15.9 Å². The van der Waals surface area contributed by atoms with Crippen molar-refractivity contribution in [2.24, 2.45) is 0 Å². The number of halogens is 1. The Balaban J connectivity index is 1.89. The van der Waals surface area contributed by atoms with Crippen molar-refractivity contribution < 1.29 is 9.59 Å². The lowest BCUT2D eigenvalue weighted by molar-refractivity contribution is -0.121. The second-order valence-electron chi connectivity index (χ2n) is 5.61. The molecule has 2 rings (SSSR count). The number of carbonyl (C=O) groups excluding carboxylic acids is 2.